The number of benzene rings is 1. The molecule has 0 unspecified atom stereocenters. The van der Waals surface area contributed by atoms with E-state index in [0.29, 0.717) is 19.7 Å². The maximum Gasteiger partial charge on any atom is 0.415 e. The van der Waals surface area contributed by atoms with Crippen molar-refractivity contribution in [3.63, 3.8) is 0 Å². The molecule has 116 valence electrons. The fourth-order valence-corrected chi connectivity index (χ4v) is 2.23. The molecular formula is C16H24N2O3. The largest absolute Gasteiger partial charge is 0.490 e. The molecule has 0 radical (unpaired) electrons. The topological polar surface area (TPSA) is 64.8 Å². The number of carbonyl (C=O) groups is 1. The number of anilines is 1. The first-order valence-corrected chi connectivity index (χ1v) is 7.37. The zero-order chi connectivity index (χ0) is 15.5. The summed E-state index contributed by atoms with van der Waals surface area (Å²) < 4.78 is 11.1. The molecule has 1 aromatic rings. The molecule has 5 heteroatoms. The lowest BCUT2D eigenvalue weighted by Crippen LogP contribution is -2.41. The minimum absolute atomic E-state index is 0.331. The van der Waals surface area contributed by atoms with Gasteiger partial charge in [0.1, 0.15) is 18.0 Å². The van der Waals surface area contributed by atoms with Gasteiger partial charge < -0.3 is 15.2 Å². The maximum absolute atomic E-state index is 12.3. The molecule has 1 amide bonds. The molecule has 2 N–H and O–H groups in total. The molecule has 0 saturated carbocycles. The summed E-state index contributed by atoms with van der Waals surface area (Å²) in [6.07, 6.45) is 1.49. The first kappa shape index (κ1) is 15.6. The van der Waals surface area contributed by atoms with E-state index in [0.717, 1.165) is 29.8 Å². The molecule has 0 fully saturated rings. The fraction of sp³-hybridized carbons (Fsp3) is 0.562. The molecule has 0 bridgehead atoms. The van der Waals surface area contributed by atoms with Crippen LogP contribution in [0.5, 0.6) is 5.75 Å². The summed E-state index contributed by atoms with van der Waals surface area (Å²) in [7, 11) is 0. The van der Waals surface area contributed by atoms with Crippen LogP contribution in [0.4, 0.5) is 10.5 Å². The van der Waals surface area contributed by atoms with Gasteiger partial charge in [-0.2, -0.15) is 0 Å². The van der Waals surface area contributed by atoms with Crippen molar-refractivity contribution in [3.8, 4) is 5.75 Å². The molecule has 5 nitrogen and oxygen atoms in total. The number of carbonyl (C=O) groups excluding carboxylic acids is 1. The van der Waals surface area contributed by atoms with Crippen molar-refractivity contribution in [1.82, 2.24) is 0 Å². The smallest absolute Gasteiger partial charge is 0.415 e. The predicted octanol–water partition coefficient (Wildman–Crippen LogP) is 2.71. The van der Waals surface area contributed by atoms with Crippen molar-refractivity contribution >= 4 is 11.8 Å². The quantitative estimate of drug-likeness (QED) is 0.930. The number of aryl methyl sites for hydroxylation is 1. The molecular weight excluding hydrogens is 268 g/mol. The van der Waals surface area contributed by atoms with Crippen molar-refractivity contribution in [3.05, 3.63) is 23.8 Å². The number of nitrogens with two attached hydrogens (primary N) is 1. The number of rotatable bonds is 3. The molecule has 1 aliphatic heterocycles. The first-order valence-electron chi connectivity index (χ1n) is 7.37. The number of ether oxygens (including phenoxy) is 2. The zero-order valence-corrected chi connectivity index (χ0v) is 13.0. The van der Waals surface area contributed by atoms with Crippen LogP contribution < -0.4 is 15.4 Å². The van der Waals surface area contributed by atoms with Gasteiger partial charge in [0.25, 0.3) is 0 Å². The Morgan fingerprint density at radius 3 is 2.86 bits per heavy atom. The van der Waals surface area contributed by atoms with Crippen molar-refractivity contribution in [2.45, 2.75) is 39.2 Å². The predicted molar refractivity (Wildman–Crippen MR) is 82.9 cm³/mol. The molecule has 0 aliphatic carbocycles. The average Bonchev–Trinajstić information content (AvgIpc) is 2.42. The molecule has 0 saturated heterocycles. The second kappa shape index (κ2) is 6.35. The highest BCUT2D eigenvalue weighted by Gasteiger charge is 2.28. The van der Waals surface area contributed by atoms with Crippen LogP contribution in [0.15, 0.2) is 18.2 Å². The SMILES string of the molecule is CC(C)(C)OC(=O)N1CCOc2ccc(CCCN)cc21. The van der Waals surface area contributed by atoms with Crippen LogP contribution in [0, 0.1) is 0 Å². The van der Waals surface area contributed by atoms with Gasteiger partial charge in [-0.3, -0.25) is 4.90 Å². The van der Waals surface area contributed by atoms with Crippen LogP contribution >= 0.6 is 0 Å². The normalized spacial score (nSPS) is 14.4. The Labute approximate surface area is 126 Å². The molecule has 1 aromatic carbocycles. The van der Waals surface area contributed by atoms with Gasteiger partial charge >= 0.3 is 6.09 Å². The van der Waals surface area contributed by atoms with E-state index < -0.39 is 5.60 Å². The third kappa shape index (κ3) is 4.11. The maximum atomic E-state index is 12.3. The Hall–Kier alpha value is -1.75. The zero-order valence-electron chi connectivity index (χ0n) is 13.0. The lowest BCUT2D eigenvalue weighted by atomic mass is 10.1. The van der Waals surface area contributed by atoms with Crippen LogP contribution in [0.1, 0.15) is 32.8 Å². The van der Waals surface area contributed by atoms with E-state index in [1.165, 1.54) is 0 Å². The molecule has 21 heavy (non-hydrogen) atoms. The first-order chi connectivity index (χ1) is 9.90. The monoisotopic (exact) mass is 292 g/mol. The number of hydrogen-bond donors (Lipinski definition) is 1. The minimum Gasteiger partial charge on any atom is -0.490 e. The standard InChI is InChI=1S/C16H24N2O3/c1-16(2,3)21-15(19)18-9-10-20-14-7-6-12(5-4-8-17)11-13(14)18/h6-7,11H,4-5,8-10,17H2,1-3H3. The summed E-state index contributed by atoms with van der Waals surface area (Å²) in [4.78, 5) is 14.0. The molecule has 1 aliphatic rings. The van der Waals surface area contributed by atoms with E-state index in [-0.39, 0.29) is 6.09 Å². The minimum atomic E-state index is -0.507. The summed E-state index contributed by atoms with van der Waals surface area (Å²) in [5, 5.41) is 0. The van der Waals surface area contributed by atoms with E-state index in [4.69, 9.17) is 15.2 Å². The van der Waals surface area contributed by atoms with E-state index in [2.05, 4.69) is 0 Å². The summed E-state index contributed by atoms with van der Waals surface area (Å²) in [6, 6.07) is 5.93. The van der Waals surface area contributed by atoms with Crippen LogP contribution in [-0.2, 0) is 11.2 Å². The van der Waals surface area contributed by atoms with Crippen LogP contribution in [0.3, 0.4) is 0 Å². The van der Waals surface area contributed by atoms with Crippen LogP contribution in [-0.4, -0.2) is 31.4 Å². The second-order valence-corrected chi connectivity index (χ2v) is 6.17. The van der Waals surface area contributed by atoms with E-state index >= 15 is 0 Å². The molecule has 0 spiro atoms. The van der Waals surface area contributed by atoms with Crippen molar-refractivity contribution in [2.75, 3.05) is 24.6 Å². The van der Waals surface area contributed by atoms with Gasteiger partial charge in [-0.25, -0.2) is 4.79 Å². The summed E-state index contributed by atoms with van der Waals surface area (Å²) in [5.74, 6) is 0.726. The third-order valence-electron chi connectivity index (χ3n) is 3.17. The van der Waals surface area contributed by atoms with Gasteiger partial charge in [0, 0.05) is 0 Å². The van der Waals surface area contributed by atoms with Gasteiger partial charge in [-0.05, 0) is 57.9 Å². The lowest BCUT2D eigenvalue weighted by Gasteiger charge is -2.31. The lowest BCUT2D eigenvalue weighted by molar-refractivity contribution is 0.0568. The Kier molecular flexibility index (Phi) is 4.73. The summed E-state index contributed by atoms with van der Waals surface area (Å²) in [5.41, 5.74) is 6.98. The van der Waals surface area contributed by atoms with Gasteiger partial charge in [0.2, 0.25) is 0 Å². The Bertz CT molecular complexity index is 509. The molecule has 0 aromatic heterocycles. The summed E-state index contributed by atoms with van der Waals surface area (Å²) >= 11 is 0. The van der Waals surface area contributed by atoms with E-state index in [9.17, 15) is 4.79 Å². The van der Waals surface area contributed by atoms with Crippen molar-refractivity contribution in [1.29, 1.82) is 0 Å². The van der Waals surface area contributed by atoms with E-state index in [1.54, 1.807) is 4.90 Å². The number of hydrogen-bond acceptors (Lipinski definition) is 4. The second-order valence-electron chi connectivity index (χ2n) is 6.17. The van der Waals surface area contributed by atoms with Gasteiger partial charge in [-0.1, -0.05) is 6.07 Å². The Morgan fingerprint density at radius 2 is 2.19 bits per heavy atom. The van der Waals surface area contributed by atoms with Gasteiger partial charge in [0.15, 0.2) is 0 Å². The number of nitrogens with zero attached hydrogens (tertiary/aromatic N) is 1. The molecule has 2 rings (SSSR count). The van der Waals surface area contributed by atoms with Crippen LogP contribution in [0.2, 0.25) is 0 Å². The highest BCUT2D eigenvalue weighted by Crippen LogP contribution is 2.33. The number of amides is 1. The third-order valence-corrected chi connectivity index (χ3v) is 3.17. The molecule has 1 heterocycles. The average molecular weight is 292 g/mol. The van der Waals surface area contributed by atoms with Gasteiger partial charge in [0.05, 0.1) is 12.2 Å². The van der Waals surface area contributed by atoms with E-state index in [1.807, 2.05) is 39.0 Å². The van der Waals surface area contributed by atoms with Crippen molar-refractivity contribution < 1.29 is 14.3 Å². The Morgan fingerprint density at radius 1 is 1.43 bits per heavy atom. The Balaban J connectivity index is 2.22. The highest BCUT2D eigenvalue weighted by molar-refractivity contribution is 5.90. The van der Waals surface area contributed by atoms with Gasteiger partial charge in [-0.15, -0.1) is 0 Å². The molecule has 0 atom stereocenters. The highest BCUT2D eigenvalue weighted by atomic mass is 16.6. The fourth-order valence-electron chi connectivity index (χ4n) is 2.23. The summed E-state index contributed by atoms with van der Waals surface area (Å²) in [6.45, 7) is 7.23. The number of fused-ring (bicyclic) bond motifs is 1. The van der Waals surface area contributed by atoms with Crippen molar-refractivity contribution in [2.24, 2.45) is 5.73 Å². The van der Waals surface area contributed by atoms with Crippen LogP contribution in [0.25, 0.3) is 0 Å².